The number of nitrogens with zero attached hydrogens (tertiary/aromatic N) is 1. The van der Waals surface area contributed by atoms with Crippen LogP contribution in [-0.2, 0) is 5.41 Å². The zero-order chi connectivity index (χ0) is 31.7. The van der Waals surface area contributed by atoms with Crippen molar-refractivity contribution in [1.82, 2.24) is 0 Å². The normalized spacial score (nSPS) is 12.1. The van der Waals surface area contributed by atoms with Gasteiger partial charge >= 0.3 is 0 Å². The molecule has 0 heterocycles. The second-order valence-electron chi connectivity index (χ2n) is 14.1. The highest BCUT2D eigenvalue weighted by molar-refractivity contribution is 6.12. The van der Waals surface area contributed by atoms with Crippen LogP contribution in [0.4, 0.5) is 17.1 Å². The van der Waals surface area contributed by atoms with E-state index in [0.717, 1.165) is 0 Å². The molecule has 0 saturated heterocycles. The van der Waals surface area contributed by atoms with E-state index in [0.29, 0.717) is 0 Å². The Balaban J connectivity index is 1.18. The highest BCUT2D eigenvalue weighted by atomic mass is 15.1. The average molecular weight is 594 g/mol. The molecule has 1 aliphatic rings. The summed E-state index contributed by atoms with van der Waals surface area (Å²) >= 11 is 0. The van der Waals surface area contributed by atoms with Gasteiger partial charge in [0.05, 0.1) is 0 Å². The molecule has 46 heavy (non-hydrogen) atoms. The maximum atomic E-state index is 2.42. The molecule has 0 N–H and O–H groups in total. The first kappa shape index (κ1) is 28.3. The lowest BCUT2D eigenvalue weighted by molar-refractivity contribution is 0.590. The number of fused-ring (bicyclic) bond motifs is 6. The van der Waals surface area contributed by atoms with Crippen molar-refractivity contribution in [2.24, 2.45) is 0 Å². The second-order valence-corrected chi connectivity index (χ2v) is 14.1. The SMILES string of the molecule is Cc1ccc(N(c2ccc3cc4c(cc3c2)-c2cc3ccc(-c5ccc(C(C)(C)C)cc5)cc3cc2-4)c2ccccc2C)c(C)c1. The molecule has 1 aliphatic carbocycles. The van der Waals surface area contributed by atoms with E-state index in [1.807, 2.05) is 0 Å². The Morgan fingerprint density at radius 1 is 0.435 bits per heavy atom. The van der Waals surface area contributed by atoms with Gasteiger partial charge in [-0.1, -0.05) is 99.1 Å². The van der Waals surface area contributed by atoms with Crippen molar-refractivity contribution < 1.29 is 0 Å². The molecule has 0 spiro atoms. The first-order valence-corrected chi connectivity index (χ1v) is 16.3. The van der Waals surface area contributed by atoms with Crippen LogP contribution in [0.2, 0.25) is 0 Å². The Morgan fingerprint density at radius 3 is 1.63 bits per heavy atom. The summed E-state index contributed by atoms with van der Waals surface area (Å²) in [5, 5.41) is 5.11. The largest absolute Gasteiger partial charge is 0.310 e. The molecule has 0 aromatic heterocycles. The summed E-state index contributed by atoms with van der Waals surface area (Å²) in [6.07, 6.45) is 0. The number of benzene rings is 7. The number of para-hydroxylation sites is 1. The van der Waals surface area contributed by atoms with Gasteiger partial charge in [0.2, 0.25) is 0 Å². The van der Waals surface area contributed by atoms with Gasteiger partial charge in [0.25, 0.3) is 0 Å². The first-order chi connectivity index (χ1) is 22.1. The van der Waals surface area contributed by atoms with Crippen LogP contribution in [-0.4, -0.2) is 0 Å². The lowest BCUT2D eigenvalue weighted by Crippen LogP contribution is -2.12. The van der Waals surface area contributed by atoms with Crippen molar-refractivity contribution in [2.45, 2.75) is 47.0 Å². The van der Waals surface area contributed by atoms with E-state index in [1.54, 1.807) is 0 Å². The minimum atomic E-state index is 0.157. The van der Waals surface area contributed by atoms with E-state index in [-0.39, 0.29) is 5.41 Å². The van der Waals surface area contributed by atoms with Crippen molar-refractivity contribution >= 4 is 38.6 Å². The van der Waals surface area contributed by atoms with Crippen LogP contribution < -0.4 is 4.90 Å². The van der Waals surface area contributed by atoms with Crippen LogP contribution in [0, 0.1) is 20.8 Å². The lowest BCUT2D eigenvalue weighted by atomic mass is 9.77. The molecule has 0 amide bonds. The maximum Gasteiger partial charge on any atom is 0.0491 e. The lowest BCUT2D eigenvalue weighted by Gasteiger charge is -2.29. The van der Waals surface area contributed by atoms with E-state index in [2.05, 4.69) is 174 Å². The van der Waals surface area contributed by atoms with Crippen molar-refractivity contribution in [3.05, 3.63) is 150 Å². The summed E-state index contributed by atoms with van der Waals surface area (Å²) in [6.45, 7) is 13.4. The highest BCUT2D eigenvalue weighted by Gasteiger charge is 2.25. The fourth-order valence-corrected chi connectivity index (χ4v) is 7.17. The van der Waals surface area contributed by atoms with Crippen LogP contribution in [0.25, 0.3) is 54.9 Å². The molecule has 8 rings (SSSR count). The van der Waals surface area contributed by atoms with Crippen LogP contribution >= 0.6 is 0 Å². The van der Waals surface area contributed by atoms with Gasteiger partial charge in [-0.2, -0.15) is 0 Å². The minimum Gasteiger partial charge on any atom is -0.310 e. The van der Waals surface area contributed by atoms with Gasteiger partial charge in [0, 0.05) is 17.1 Å². The van der Waals surface area contributed by atoms with Crippen molar-refractivity contribution in [2.75, 3.05) is 4.90 Å². The summed E-state index contributed by atoms with van der Waals surface area (Å²) in [5.41, 5.74) is 16.8. The third kappa shape index (κ3) is 4.70. The predicted octanol–water partition coefficient (Wildman–Crippen LogP) is 13.0. The van der Waals surface area contributed by atoms with Gasteiger partial charge in [-0.25, -0.2) is 0 Å². The second kappa shape index (κ2) is 10.5. The van der Waals surface area contributed by atoms with Gasteiger partial charge in [0.15, 0.2) is 0 Å². The molecule has 0 bridgehead atoms. The zero-order valence-corrected chi connectivity index (χ0v) is 27.6. The minimum absolute atomic E-state index is 0.157. The number of rotatable bonds is 4. The number of anilines is 3. The van der Waals surface area contributed by atoms with Crippen molar-refractivity contribution in [1.29, 1.82) is 0 Å². The molecular weight excluding hydrogens is 555 g/mol. The molecule has 0 fully saturated rings. The summed E-state index contributed by atoms with van der Waals surface area (Å²) in [7, 11) is 0. The molecule has 224 valence electrons. The van der Waals surface area contributed by atoms with Gasteiger partial charge in [-0.05, 0) is 152 Å². The van der Waals surface area contributed by atoms with E-state index < -0.39 is 0 Å². The number of aryl methyl sites for hydroxylation is 3. The van der Waals surface area contributed by atoms with Crippen LogP contribution in [0.3, 0.4) is 0 Å². The van der Waals surface area contributed by atoms with Gasteiger partial charge < -0.3 is 4.90 Å². The Labute approximate surface area is 272 Å². The summed E-state index contributed by atoms with van der Waals surface area (Å²) in [5.74, 6) is 0. The number of hydrogen-bond donors (Lipinski definition) is 0. The maximum absolute atomic E-state index is 2.42. The Morgan fingerprint density at radius 2 is 1.00 bits per heavy atom. The monoisotopic (exact) mass is 593 g/mol. The fraction of sp³-hybridized carbons (Fsp3) is 0.156. The third-order valence-electron chi connectivity index (χ3n) is 9.81. The van der Waals surface area contributed by atoms with E-state index in [9.17, 15) is 0 Å². The number of hydrogen-bond acceptors (Lipinski definition) is 1. The molecule has 0 aliphatic heterocycles. The van der Waals surface area contributed by atoms with Gasteiger partial charge in [-0.15, -0.1) is 0 Å². The van der Waals surface area contributed by atoms with E-state index >= 15 is 0 Å². The van der Waals surface area contributed by atoms with Crippen LogP contribution in [0.15, 0.2) is 127 Å². The van der Waals surface area contributed by atoms with Gasteiger partial charge in [-0.3, -0.25) is 0 Å². The van der Waals surface area contributed by atoms with Crippen molar-refractivity contribution in [3.63, 3.8) is 0 Å². The third-order valence-corrected chi connectivity index (χ3v) is 9.81. The highest BCUT2D eigenvalue weighted by Crippen LogP contribution is 2.51. The predicted molar refractivity (Wildman–Crippen MR) is 199 cm³/mol. The van der Waals surface area contributed by atoms with Crippen LogP contribution in [0.1, 0.15) is 43.0 Å². The molecular formula is C45H39N. The fourth-order valence-electron chi connectivity index (χ4n) is 7.17. The molecule has 7 aromatic carbocycles. The molecule has 7 aromatic rings. The Bertz CT molecular complexity index is 2310. The molecule has 0 atom stereocenters. The van der Waals surface area contributed by atoms with Crippen LogP contribution in [0.5, 0.6) is 0 Å². The standard InChI is InChI=1S/C45H39N/c1-28-11-20-44(30(3)21-28)46(43-10-8-7-9-29(43)2)38-19-16-34-25-40-41-26-35-22-32(31-14-17-37(18-15-31)45(4,5)6)12-13-33(35)24-39(41)42(40)27-36(34)23-38/h7-27H,1-6H3. The smallest absolute Gasteiger partial charge is 0.0491 e. The summed E-state index contributed by atoms with van der Waals surface area (Å²) < 4.78 is 0. The van der Waals surface area contributed by atoms with Crippen molar-refractivity contribution in [3.8, 4) is 33.4 Å². The zero-order valence-electron chi connectivity index (χ0n) is 27.6. The Hall–Kier alpha value is -5.14. The molecule has 1 heteroatoms. The quantitative estimate of drug-likeness (QED) is 0.196. The summed E-state index contributed by atoms with van der Waals surface area (Å²) in [4.78, 5) is 2.42. The molecule has 1 nitrogen and oxygen atoms in total. The topological polar surface area (TPSA) is 3.24 Å². The molecule has 0 radical (unpaired) electrons. The molecule has 0 unspecified atom stereocenters. The van der Waals surface area contributed by atoms with E-state index in [1.165, 1.54) is 94.2 Å². The molecule has 0 saturated carbocycles. The first-order valence-electron chi connectivity index (χ1n) is 16.3. The summed E-state index contributed by atoms with van der Waals surface area (Å²) in [6, 6.07) is 47.8. The van der Waals surface area contributed by atoms with E-state index in [4.69, 9.17) is 0 Å². The Kier molecular flexibility index (Phi) is 6.44. The van der Waals surface area contributed by atoms with Gasteiger partial charge in [0.1, 0.15) is 0 Å². The average Bonchev–Trinajstić information content (AvgIpc) is 3.04.